The van der Waals surface area contributed by atoms with E-state index >= 15 is 0 Å². The number of aromatic nitrogens is 5. The fourth-order valence-electron chi connectivity index (χ4n) is 3.32. The van der Waals surface area contributed by atoms with Crippen molar-refractivity contribution < 1.29 is 5.11 Å². The standard InChI is InChI=1S/C17H22N6O2/c1-3-15(24)14-8-13-10-21(4-5-22(13)20-14)9-12-7-17(25)23-16(18-12)6-11(2)19-23/h6-8,15,19,24H,3-5,9-10H2,1-2H3. The van der Waals surface area contributed by atoms with Gasteiger partial charge in [0.05, 0.1) is 29.7 Å². The molecule has 1 unspecified atom stereocenters. The van der Waals surface area contributed by atoms with E-state index in [1.807, 2.05) is 30.7 Å². The molecule has 25 heavy (non-hydrogen) atoms. The number of hydrogen-bond acceptors (Lipinski definition) is 5. The summed E-state index contributed by atoms with van der Waals surface area (Å²) < 4.78 is 3.42. The molecule has 0 saturated heterocycles. The molecule has 0 radical (unpaired) electrons. The van der Waals surface area contributed by atoms with E-state index in [0.29, 0.717) is 18.6 Å². The summed E-state index contributed by atoms with van der Waals surface area (Å²) in [6.45, 7) is 6.81. The third-order valence-corrected chi connectivity index (χ3v) is 4.64. The van der Waals surface area contributed by atoms with Gasteiger partial charge < -0.3 is 5.11 Å². The largest absolute Gasteiger partial charge is 0.387 e. The molecule has 4 rings (SSSR count). The summed E-state index contributed by atoms with van der Waals surface area (Å²) in [5.41, 5.74) is 4.05. The fraction of sp³-hybridized carbons (Fsp3) is 0.471. The number of fused-ring (bicyclic) bond motifs is 2. The quantitative estimate of drug-likeness (QED) is 0.738. The highest BCUT2D eigenvalue weighted by atomic mass is 16.3. The molecule has 0 aromatic carbocycles. The van der Waals surface area contributed by atoms with Crippen LogP contribution >= 0.6 is 0 Å². The maximum Gasteiger partial charge on any atom is 0.272 e. The number of hydrogen-bond donors (Lipinski definition) is 2. The summed E-state index contributed by atoms with van der Waals surface area (Å²) in [6.07, 6.45) is 0.150. The Morgan fingerprint density at radius 3 is 2.96 bits per heavy atom. The van der Waals surface area contributed by atoms with Crippen LogP contribution in [0.3, 0.4) is 0 Å². The van der Waals surface area contributed by atoms with Gasteiger partial charge in [-0.1, -0.05) is 6.92 Å². The van der Waals surface area contributed by atoms with E-state index in [1.54, 1.807) is 6.07 Å². The van der Waals surface area contributed by atoms with Gasteiger partial charge in [-0.05, 0) is 19.4 Å². The van der Waals surface area contributed by atoms with Crippen LogP contribution in [-0.4, -0.2) is 40.9 Å². The van der Waals surface area contributed by atoms with Crippen LogP contribution in [0.2, 0.25) is 0 Å². The maximum atomic E-state index is 12.2. The van der Waals surface area contributed by atoms with Crippen LogP contribution in [0, 0.1) is 6.92 Å². The van der Waals surface area contributed by atoms with Crippen molar-refractivity contribution >= 4 is 5.65 Å². The van der Waals surface area contributed by atoms with E-state index < -0.39 is 6.10 Å². The first-order valence-electron chi connectivity index (χ1n) is 8.59. The molecule has 1 atom stereocenters. The van der Waals surface area contributed by atoms with Gasteiger partial charge in [0, 0.05) is 37.5 Å². The molecule has 8 nitrogen and oxygen atoms in total. The van der Waals surface area contributed by atoms with Crippen molar-refractivity contribution in [1.29, 1.82) is 0 Å². The molecule has 0 spiro atoms. The van der Waals surface area contributed by atoms with E-state index in [1.165, 1.54) is 4.52 Å². The Bertz CT molecular complexity index is 969. The van der Waals surface area contributed by atoms with Gasteiger partial charge in [0.15, 0.2) is 5.65 Å². The molecule has 3 aromatic rings. The van der Waals surface area contributed by atoms with Crippen LogP contribution in [0.15, 0.2) is 23.0 Å². The molecule has 132 valence electrons. The van der Waals surface area contributed by atoms with Crippen molar-refractivity contribution in [2.24, 2.45) is 0 Å². The second-order valence-corrected chi connectivity index (χ2v) is 6.64. The lowest BCUT2D eigenvalue weighted by atomic mass is 10.2. The lowest BCUT2D eigenvalue weighted by molar-refractivity contribution is 0.166. The highest BCUT2D eigenvalue weighted by Crippen LogP contribution is 2.20. The summed E-state index contributed by atoms with van der Waals surface area (Å²) in [7, 11) is 0. The summed E-state index contributed by atoms with van der Waals surface area (Å²) >= 11 is 0. The lowest BCUT2D eigenvalue weighted by Gasteiger charge is -2.27. The topological polar surface area (TPSA) is 91.5 Å². The normalized spacial score (nSPS) is 16.3. The van der Waals surface area contributed by atoms with Crippen molar-refractivity contribution in [3.05, 3.63) is 51.3 Å². The number of rotatable bonds is 4. The Hall–Kier alpha value is -2.45. The van der Waals surface area contributed by atoms with Gasteiger partial charge in [-0.2, -0.15) is 5.10 Å². The SMILES string of the molecule is CCC(O)c1cc2n(n1)CCN(Cc1cc(=O)n3[nH]c(C)cc3n1)C2. The summed E-state index contributed by atoms with van der Waals surface area (Å²) in [5, 5.41) is 17.4. The predicted octanol–water partition coefficient (Wildman–Crippen LogP) is 0.987. The number of aromatic amines is 1. The van der Waals surface area contributed by atoms with Crippen LogP contribution in [0.5, 0.6) is 0 Å². The second kappa shape index (κ2) is 6.12. The van der Waals surface area contributed by atoms with Gasteiger partial charge in [0.1, 0.15) is 0 Å². The maximum absolute atomic E-state index is 12.2. The third-order valence-electron chi connectivity index (χ3n) is 4.64. The minimum atomic E-state index is -0.507. The fourth-order valence-corrected chi connectivity index (χ4v) is 3.32. The van der Waals surface area contributed by atoms with Crippen LogP contribution in [0.1, 0.15) is 42.2 Å². The van der Waals surface area contributed by atoms with E-state index in [0.717, 1.165) is 42.4 Å². The van der Waals surface area contributed by atoms with Crippen LogP contribution < -0.4 is 5.56 Å². The molecule has 3 aromatic heterocycles. The summed E-state index contributed by atoms with van der Waals surface area (Å²) in [4.78, 5) is 19.0. The Labute approximate surface area is 144 Å². The molecule has 8 heteroatoms. The molecule has 0 fully saturated rings. The van der Waals surface area contributed by atoms with Gasteiger partial charge in [0.25, 0.3) is 5.56 Å². The Morgan fingerprint density at radius 2 is 2.16 bits per heavy atom. The molecule has 2 N–H and O–H groups in total. The molecule has 1 aliphatic rings. The van der Waals surface area contributed by atoms with Crippen molar-refractivity contribution in [3.63, 3.8) is 0 Å². The van der Waals surface area contributed by atoms with Crippen LogP contribution in [0.4, 0.5) is 0 Å². The van der Waals surface area contributed by atoms with E-state index in [-0.39, 0.29) is 5.56 Å². The van der Waals surface area contributed by atoms with E-state index in [2.05, 4.69) is 20.1 Å². The zero-order valence-electron chi connectivity index (χ0n) is 14.4. The number of nitrogens with one attached hydrogen (secondary N) is 1. The highest BCUT2D eigenvalue weighted by molar-refractivity contribution is 5.39. The third kappa shape index (κ3) is 2.98. The van der Waals surface area contributed by atoms with Crippen LogP contribution in [0.25, 0.3) is 5.65 Å². The first kappa shape index (κ1) is 16.0. The summed E-state index contributed by atoms with van der Waals surface area (Å²) in [5.74, 6) is 0. The molecule has 0 bridgehead atoms. The Kier molecular flexibility index (Phi) is 3.93. The second-order valence-electron chi connectivity index (χ2n) is 6.64. The van der Waals surface area contributed by atoms with E-state index in [4.69, 9.17) is 0 Å². The van der Waals surface area contributed by atoms with Crippen molar-refractivity contribution in [2.45, 2.75) is 46.0 Å². The van der Waals surface area contributed by atoms with Gasteiger partial charge in [0.2, 0.25) is 0 Å². The van der Waals surface area contributed by atoms with E-state index in [9.17, 15) is 9.90 Å². The highest BCUT2D eigenvalue weighted by Gasteiger charge is 2.21. The number of H-pyrrole nitrogens is 1. The predicted molar refractivity (Wildman–Crippen MR) is 92.1 cm³/mol. The molecule has 4 heterocycles. The number of nitrogens with zero attached hydrogens (tertiary/aromatic N) is 5. The monoisotopic (exact) mass is 342 g/mol. The van der Waals surface area contributed by atoms with Gasteiger partial charge in [-0.25, -0.2) is 9.50 Å². The van der Waals surface area contributed by atoms with Crippen LogP contribution in [-0.2, 0) is 19.6 Å². The van der Waals surface area contributed by atoms with Gasteiger partial charge in [-0.3, -0.25) is 19.5 Å². The van der Waals surface area contributed by atoms with Gasteiger partial charge in [-0.15, -0.1) is 0 Å². The zero-order chi connectivity index (χ0) is 17.6. The first-order valence-corrected chi connectivity index (χ1v) is 8.59. The van der Waals surface area contributed by atoms with Crippen molar-refractivity contribution in [3.8, 4) is 0 Å². The average Bonchev–Trinajstić information content (AvgIpc) is 3.16. The molecule has 1 aliphatic heterocycles. The minimum absolute atomic E-state index is 0.0940. The molecular weight excluding hydrogens is 320 g/mol. The van der Waals surface area contributed by atoms with Crippen molar-refractivity contribution in [2.75, 3.05) is 6.54 Å². The molecule has 0 amide bonds. The zero-order valence-corrected chi connectivity index (χ0v) is 14.4. The number of aryl methyl sites for hydroxylation is 1. The Balaban J connectivity index is 1.54. The lowest BCUT2D eigenvalue weighted by Crippen LogP contribution is -2.34. The summed E-state index contributed by atoms with van der Waals surface area (Å²) in [6, 6.07) is 5.43. The number of aliphatic hydroxyl groups is 1. The average molecular weight is 342 g/mol. The molecule has 0 aliphatic carbocycles. The van der Waals surface area contributed by atoms with Crippen molar-refractivity contribution in [1.82, 2.24) is 29.3 Å². The smallest absolute Gasteiger partial charge is 0.272 e. The first-order chi connectivity index (χ1) is 12.0. The molecule has 0 saturated carbocycles. The Morgan fingerprint density at radius 1 is 1.32 bits per heavy atom. The van der Waals surface area contributed by atoms with Gasteiger partial charge >= 0.3 is 0 Å². The molecular formula is C17H22N6O2. The minimum Gasteiger partial charge on any atom is -0.387 e. The number of aliphatic hydroxyl groups excluding tert-OH is 1.